The first-order valence-electron chi connectivity index (χ1n) is 25.2. The fraction of sp³-hybridized carbons (Fsp3) is 0.561. The van der Waals surface area contributed by atoms with Crippen molar-refractivity contribution in [3.05, 3.63) is 82.0 Å². The second-order valence-corrected chi connectivity index (χ2v) is 21.7. The molecule has 6 bridgehead atoms. The fourth-order valence-corrected chi connectivity index (χ4v) is 10.7. The number of methoxy groups -OCH3 is 2. The van der Waals surface area contributed by atoms with Crippen molar-refractivity contribution < 1.29 is 57.7 Å². The van der Waals surface area contributed by atoms with Crippen LogP contribution in [0.1, 0.15) is 115 Å². The maximum absolute atomic E-state index is 14.0. The summed E-state index contributed by atoms with van der Waals surface area (Å²) in [5.41, 5.74) is 7.05. The van der Waals surface area contributed by atoms with Crippen LogP contribution in [0.3, 0.4) is 0 Å². The summed E-state index contributed by atoms with van der Waals surface area (Å²) >= 11 is 0. The molecule has 10 unspecified atom stereocenters. The molecule has 1 fully saturated rings. The lowest BCUT2D eigenvalue weighted by Crippen LogP contribution is -2.46. The lowest BCUT2D eigenvalue weighted by Gasteiger charge is -2.38. The van der Waals surface area contributed by atoms with Crippen LogP contribution in [-0.2, 0) is 30.3 Å². The molecule has 10 atom stereocenters. The molecule has 392 valence electrons. The normalized spacial score (nSPS) is 29.3. The van der Waals surface area contributed by atoms with Gasteiger partial charge in [0.05, 0.1) is 42.5 Å². The summed E-state index contributed by atoms with van der Waals surface area (Å²) in [6.07, 6.45) is 3.49. The summed E-state index contributed by atoms with van der Waals surface area (Å²) in [5, 5.41) is 36.9. The third kappa shape index (κ3) is 10.4. The zero-order valence-corrected chi connectivity index (χ0v) is 45.1. The topological polar surface area (TPSA) is 183 Å². The maximum atomic E-state index is 14.0. The summed E-state index contributed by atoms with van der Waals surface area (Å²) in [7, 11) is 3.09. The standard InChI is InChI=1S/C57H77N3O12/c1-29-26-32(4)39(33(5)27-29)28-59-21-23-60(24-22-59)45-44-51-42-41(52(45)67-16)43-50(37(9)49(42)71-55(65)56(11,12)13)72-57(14,53(43)64)68-25-20-40(66-15)34(6)48(69-38(10)61)36(8)47(63)35(7)46(62)30(2)18-17-19-31(3)54(58-44)70-51/h17-20,25-27,30,34-36,40,46-48,53,62-64H,21-24,28H2,1-16H3/b18-17+,25-20+,31-19-. The van der Waals surface area contributed by atoms with Crippen LogP contribution >= 0.6 is 0 Å². The number of piperazine rings is 1. The third-order valence-electron chi connectivity index (χ3n) is 15.1. The van der Waals surface area contributed by atoms with Gasteiger partial charge in [-0.15, -0.1) is 0 Å². The Labute approximate surface area is 424 Å². The number of hydrogen-bond acceptors (Lipinski definition) is 15. The summed E-state index contributed by atoms with van der Waals surface area (Å²) in [6.45, 7) is 29.1. The van der Waals surface area contributed by atoms with E-state index in [0.29, 0.717) is 69.0 Å². The Morgan fingerprint density at radius 3 is 2.12 bits per heavy atom. The number of oxazole rings is 1. The van der Waals surface area contributed by atoms with Crippen LogP contribution < -0.4 is 19.1 Å². The molecule has 4 aromatic rings. The minimum absolute atomic E-state index is 0.163. The molecule has 3 N–H and O–H groups in total. The number of esters is 2. The van der Waals surface area contributed by atoms with Gasteiger partial charge in [0.1, 0.15) is 28.8 Å². The fourth-order valence-electron chi connectivity index (χ4n) is 10.7. The van der Waals surface area contributed by atoms with Gasteiger partial charge in [0.2, 0.25) is 5.89 Å². The highest BCUT2D eigenvalue weighted by Crippen LogP contribution is 2.59. The van der Waals surface area contributed by atoms with E-state index in [1.165, 1.54) is 42.5 Å². The van der Waals surface area contributed by atoms with E-state index in [1.807, 2.05) is 39.0 Å². The molecule has 72 heavy (non-hydrogen) atoms. The van der Waals surface area contributed by atoms with Crippen LogP contribution in [-0.4, -0.2) is 108 Å². The van der Waals surface area contributed by atoms with Crippen LogP contribution in [0.2, 0.25) is 0 Å². The molecular formula is C57H77N3O12. The number of carbonyl (C=O) groups excluding carboxylic acids is 2. The smallest absolute Gasteiger partial charge is 0.316 e. The van der Waals surface area contributed by atoms with Crippen molar-refractivity contribution >= 4 is 45.1 Å². The van der Waals surface area contributed by atoms with Gasteiger partial charge in [0.15, 0.2) is 17.4 Å². The van der Waals surface area contributed by atoms with Gasteiger partial charge in [-0.2, -0.15) is 0 Å². The molecule has 0 spiro atoms. The average molecular weight is 996 g/mol. The second kappa shape index (κ2) is 21.2. The number of hydrogen-bond donors (Lipinski definition) is 3. The molecule has 7 rings (SSSR count). The predicted octanol–water partition coefficient (Wildman–Crippen LogP) is 9.36. The molecule has 1 saturated heterocycles. The van der Waals surface area contributed by atoms with E-state index in [4.69, 9.17) is 37.8 Å². The van der Waals surface area contributed by atoms with Gasteiger partial charge in [0.25, 0.3) is 5.79 Å². The molecular weight excluding hydrogens is 919 g/mol. The summed E-state index contributed by atoms with van der Waals surface area (Å²) in [4.78, 5) is 36.5. The van der Waals surface area contributed by atoms with Crippen LogP contribution in [0.15, 0.2) is 47.1 Å². The van der Waals surface area contributed by atoms with Gasteiger partial charge in [-0.3, -0.25) is 14.5 Å². The van der Waals surface area contributed by atoms with Crippen molar-refractivity contribution in [2.45, 2.75) is 140 Å². The molecule has 0 aliphatic carbocycles. The average Bonchev–Trinajstić information content (AvgIpc) is 3.88. The maximum Gasteiger partial charge on any atom is 0.316 e. The number of aryl methyl sites for hydroxylation is 3. The van der Waals surface area contributed by atoms with E-state index < -0.39 is 77.3 Å². The molecule has 0 saturated carbocycles. The van der Waals surface area contributed by atoms with Gasteiger partial charge in [-0.05, 0) is 78.2 Å². The third-order valence-corrected chi connectivity index (χ3v) is 15.1. The second-order valence-electron chi connectivity index (χ2n) is 21.7. The largest absolute Gasteiger partial charge is 0.494 e. The van der Waals surface area contributed by atoms with E-state index in [-0.39, 0.29) is 11.5 Å². The van der Waals surface area contributed by atoms with Crippen molar-refractivity contribution in [3.8, 4) is 17.2 Å². The minimum Gasteiger partial charge on any atom is -0.494 e. The number of ether oxygens (including phenoxy) is 6. The number of anilines is 1. The molecule has 3 aromatic carbocycles. The Balaban J connectivity index is 1.46. The van der Waals surface area contributed by atoms with Crippen molar-refractivity contribution in [2.24, 2.45) is 29.1 Å². The first kappa shape index (κ1) is 54.3. The number of nitrogens with zero attached hydrogens (tertiary/aromatic N) is 3. The van der Waals surface area contributed by atoms with Gasteiger partial charge in [-0.1, -0.05) is 63.6 Å². The van der Waals surface area contributed by atoms with Gasteiger partial charge >= 0.3 is 11.9 Å². The van der Waals surface area contributed by atoms with E-state index in [1.54, 1.807) is 61.7 Å². The van der Waals surface area contributed by atoms with Crippen molar-refractivity contribution in [3.63, 3.8) is 0 Å². The molecule has 15 heteroatoms. The number of benzene rings is 3. The molecule has 15 nitrogen and oxygen atoms in total. The van der Waals surface area contributed by atoms with Crippen LogP contribution in [0.4, 0.5) is 5.69 Å². The lowest BCUT2D eigenvalue weighted by molar-refractivity contribution is -0.181. The van der Waals surface area contributed by atoms with Crippen molar-refractivity contribution in [2.75, 3.05) is 45.3 Å². The number of carbonyl (C=O) groups is 2. The van der Waals surface area contributed by atoms with Crippen LogP contribution in [0.25, 0.3) is 27.4 Å². The van der Waals surface area contributed by atoms with E-state index in [0.717, 1.165) is 19.6 Å². The highest BCUT2D eigenvalue weighted by molar-refractivity contribution is 6.19. The monoisotopic (exact) mass is 996 g/mol. The Bertz CT molecular complexity index is 2760. The molecule has 4 heterocycles. The first-order chi connectivity index (χ1) is 33.8. The van der Waals surface area contributed by atoms with Crippen molar-refractivity contribution in [1.82, 2.24) is 9.88 Å². The number of rotatable bonds is 7. The van der Waals surface area contributed by atoms with E-state index in [9.17, 15) is 24.9 Å². The Morgan fingerprint density at radius 2 is 1.53 bits per heavy atom. The van der Waals surface area contributed by atoms with Crippen molar-refractivity contribution in [1.29, 1.82) is 0 Å². The highest BCUT2D eigenvalue weighted by Gasteiger charge is 2.51. The summed E-state index contributed by atoms with van der Waals surface area (Å²) in [6, 6.07) is 4.47. The quantitative estimate of drug-likeness (QED) is 0.118. The van der Waals surface area contributed by atoms with Crippen LogP contribution in [0, 0.1) is 56.8 Å². The van der Waals surface area contributed by atoms with Gasteiger partial charge in [0, 0.05) is 99.4 Å². The summed E-state index contributed by atoms with van der Waals surface area (Å²) in [5.74, 6) is -3.91. The number of fused-ring (bicyclic) bond motifs is 2. The number of aliphatic hydroxyl groups is 3. The SMILES string of the molecule is COc1c(N2CCN(Cc3c(C)cc(C)cc3C)CC2)c2nc3oc2c2c(OC(=O)C(C)(C)C)c(C)c4c(c12)C(O)C(C)(O/C=C/C(OC)C(C)C(OC(C)=O)C(C)C(O)C(C)C(O)C(C)/C=C/C=C\3C)O4. The Kier molecular flexibility index (Phi) is 16.0. The zero-order chi connectivity index (χ0) is 52.9. The lowest BCUT2D eigenvalue weighted by atomic mass is 9.78. The molecule has 0 amide bonds. The van der Waals surface area contributed by atoms with E-state index >= 15 is 0 Å². The van der Waals surface area contributed by atoms with E-state index in [2.05, 4.69) is 42.7 Å². The molecule has 0 radical (unpaired) electrons. The van der Waals surface area contributed by atoms with Gasteiger partial charge in [-0.25, -0.2) is 4.98 Å². The number of aliphatic hydroxyl groups excluding tert-OH is 3. The summed E-state index contributed by atoms with van der Waals surface area (Å²) < 4.78 is 44.8. The van der Waals surface area contributed by atoms with Gasteiger partial charge < -0.3 is 53.1 Å². The number of aromatic nitrogens is 1. The predicted molar refractivity (Wildman–Crippen MR) is 278 cm³/mol. The Hall–Kier alpha value is -5.45. The molecule has 3 aliphatic rings. The molecule has 3 aliphatic heterocycles. The molecule has 1 aromatic heterocycles. The zero-order valence-electron chi connectivity index (χ0n) is 45.1. The highest BCUT2D eigenvalue weighted by atomic mass is 16.7. The van der Waals surface area contributed by atoms with Crippen LogP contribution in [0.5, 0.6) is 17.2 Å². The Morgan fingerprint density at radius 1 is 0.875 bits per heavy atom. The number of allylic oxidation sites excluding steroid dienone is 3. The first-order valence-corrected chi connectivity index (χ1v) is 25.2. The minimum atomic E-state index is -1.75.